The van der Waals surface area contributed by atoms with Gasteiger partial charge in [-0.25, -0.2) is 4.39 Å². The summed E-state index contributed by atoms with van der Waals surface area (Å²) in [6.45, 7) is 0.360. The quantitative estimate of drug-likeness (QED) is 0.404. The lowest BCUT2D eigenvalue weighted by Gasteiger charge is -2.19. The van der Waals surface area contributed by atoms with E-state index in [1.165, 1.54) is 12.1 Å². The minimum Gasteiger partial charge on any atom is -0.497 e. The minimum atomic E-state index is -0.481. The monoisotopic (exact) mass is 436 g/mol. The number of rotatable bonds is 7. The summed E-state index contributed by atoms with van der Waals surface area (Å²) in [4.78, 5) is 15.9. The third-order valence-electron chi connectivity index (χ3n) is 5.42. The Morgan fingerprint density at radius 2 is 1.87 bits per heavy atom. The third kappa shape index (κ3) is 4.57. The van der Waals surface area contributed by atoms with E-state index in [1.807, 2.05) is 48.7 Å². The first-order valence-corrected chi connectivity index (χ1v) is 10.3. The van der Waals surface area contributed by atoms with Crippen LogP contribution >= 0.6 is 11.6 Å². The molecule has 0 radical (unpaired) electrons. The topological polar surface area (TPSA) is 54.1 Å². The highest BCUT2D eigenvalue weighted by Crippen LogP contribution is 2.31. The van der Waals surface area contributed by atoms with Crippen molar-refractivity contribution in [1.82, 2.24) is 10.3 Å². The van der Waals surface area contributed by atoms with Gasteiger partial charge in [0.05, 0.1) is 13.5 Å². The van der Waals surface area contributed by atoms with Gasteiger partial charge in [-0.3, -0.25) is 4.79 Å². The summed E-state index contributed by atoms with van der Waals surface area (Å²) in [5.74, 6) is -0.0990. The van der Waals surface area contributed by atoms with Crippen molar-refractivity contribution >= 4 is 28.4 Å². The summed E-state index contributed by atoms with van der Waals surface area (Å²) >= 11 is 6.07. The van der Waals surface area contributed by atoms with E-state index in [0.717, 1.165) is 27.8 Å². The first-order chi connectivity index (χ1) is 15.1. The number of benzene rings is 3. The van der Waals surface area contributed by atoms with Crippen LogP contribution in [0.5, 0.6) is 5.75 Å². The first-order valence-electron chi connectivity index (χ1n) is 9.96. The summed E-state index contributed by atoms with van der Waals surface area (Å²) in [5.41, 5.74) is 3.34. The van der Waals surface area contributed by atoms with Gasteiger partial charge in [0.25, 0.3) is 0 Å². The van der Waals surface area contributed by atoms with E-state index in [-0.39, 0.29) is 28.8 Å². The van der Waals surface area contributed by atoms with Crippen molar-refractivity contribution in [2.24, 2.45) is 0 Å². The molecule has 1 amide bonds. The number of carbonyl (C=O) groups excluding carboxylic acids is 1. The molecule has 1 atom stereocenters. The molecule has 158 valence electrons. The number of methoxy groups -OCH3 is 1. The second kappa shape index (κ2) is 9.23. The fourth-order valence-corrected chi connectivity index (χ4v) is 4.00. The van der Waals surface area contributed by atoms with Gasteiger partial charge >= 0.3 is 0 Å². The van der Waals surface area contributed by atoms with E-state index < -0.39 is 5.82 Å². The van der Waals surface area contributed by atoms with E-state index >= 15 is 0 Å². The van der Waals surface area contributed by atoms with Crippen LogP contribution in [0.25, 0.3) is 10.9 Å². The molecule has 0 saturated carbocycles. The number of H-pyrrole nitrogens is 1. The summed E-state index contributed by atoms with van der Waals surface area (Å²) in [6, 6.07) is 20.2. The molecule has 0 aliphatic rings. The number of fused-ring (bicyclic) bond motifs is 1. The van der Waals surface area contributed by atoms with Crippen LogP contribution in [0.4, 0.5) is 4.39 Å². The number of hydrogen-bond donors (Lipinski definition) is 2. The molecule has 0 fully saturated rings. The summed E-state index contributed by atoms with van der Waals surface area (Å²) in [7, 11) is 1.63. The fraction of sp³-hybridized carbons (Fsp3) is 0.160. The predicted octanol–water partition coefficient (Wildman–Crippen LogP) is 5.46. The van der Waals surface area contributed by atoms with Crippen LogP contribution in [0.15, 0.2) is 72.9 Å². The molecule has 0 bridgehead atoms. The van der Waals surface area contributed by atoms with Gasteiger partial charge in [-0.2, -0.15) is 0 Å². The van der Waals surface area contributed by atoms with E-state index in [0.29, 0.717) is 6.54 Å². The molecule has 0 saturated heterocycles. The number of amides is 1. The average molecular weight is 437 g/mol. The Bertz CT molecular complexity index is 1180. The van der Waals surface area contributed by atoms with Crippen LogP contribution in [-0.4, -0.2) is 24.5 Å². The highest BCUT2D eigenvalue weighted by molar-refractivity contribution is 6.31. The van der Waals surface area contributed by atoms with Crippen LogP contribution in [-0.2, 0) is 11.2 Å². The zero-order valence-electron chi connectivity index (χ0n) is 17.0. The standard InChI is InChI=1S/C25H22ClFN2O2/c1-31-17-11-9-16(10-12-17)20(21-15-28-24-8-3-2-5-18(21)24)14-29-25(30)13-19-22(26)6-4-7-23(19)27/h2-12,15,20,28H,13-14H2,1H3,(H,29,30). The molecule has 1 aromatic heterocycles. The van der Waals surface area contributed by atoms with Crippen molar-refractivity contribution in [1.29, 1.82) is 0 Å². The number of hydrogen-bond acceptors (Lipinski definition) is 2. The number of aromatic amines is 1. The van der Waals surface area contributed by atoms with Crippen LogP contribution in [0.2, 0.25) is 5.02 Å². The Hall–Kier alpha value is -3.31. The molecule has 0 spiro atoms. The van der Waals surface area contributed by atoms with E-state index in [2.05, 4.69) is 16.4 Å². The van der Waals surface area contributed by atoms with Crippen molar-refractivity contribution < 1.29 is 13.9 Å². The largest absolute Gasteiger partial charge is 0.497 e. The molecule has 31 heavy (non-hydrogen) atoms. The second-order valence-electron chi connectivity index (χ2n) is 7.30. The first kappa shape index (κ1) is 20.9. The van der Waals surface area contributed by atoms with Crippen LogP contribution < -0.4 is 10.1 Å². The normalized spacial score (nSPS) is 12.0. The number of ether oxygens (including phenoxy) is 1. The van der Waals surface area contributed by atoms with Gasteiger partial charge in [0.2, 0.25) is 5.91 Å². The zero-order valence-corrected chi connectivity index (χ0v) is 17.7. The van der Waals surface area contributed by atoms with E-state index in [1.54, 1.807) is 13.2 Å². The van der Waals surface area contributed by atoms with E-state index in [9.17, 15) is 9.18 Å². The number of aromatic nitrogens is 1. The van der Waals surface area contributed by atoms with Crippen molar-refractivity contribution in [3.63, 3.8) is 0 Å². The van der Waals surface area contributed by atoms with Gasteiger partial charge in [0.1, 0.15) is 11.6 Å². The maximum absolute atomic E-state index is 14.1. The van der Waals surface area contributed by atoms with Gasteiger partial charge in [-0.15, -0.1) is 0 Å². The number of nitrogens with one attached hydrogen (secondary N) is 2. The lowest BCUT2D eigenvalue weighted by atomic mass is 9.90. The van der Waals surface area contributed by atoms with Crippen molar-refractivity contribution in [3.05, 3.63) is 100 Å². The molecule has 3 aromatic carbocycles. The van der Waals surface area contributed by atoms with Crippen molar-refractivity contribution in [3.8, 4) is 5.75 Å². The van der Waals surface area contributed by atoms with E-state index in [4.69, 9.17) is 16.3 Å². The molecule has 2 N–H and O–H groups in total. The number of halogens is 2. The molecule has 0 aliphatic heterocycles. The SMILES string of the molecule is COc1ccc(C(CNC(=O)Cc2c(F)cccc2Cl)c2c[nH]c3ccccc23)cc1. The van der Waals surface area contributed by atoms with Gasteiger partial charge in [-0.05, 0) is 41.5 Å². The third-order valence-corrected chi connectivity index (χ3v) is 5.77. The molecule has 4 nitrogen and oxygen atoms in total. The lowest BCUT2D eigenvalue weighted by molar-refractivity contribution is -0.120. The second-order valence-corrected chi connectivity index (χ2v) is 7.70. The maximum Gasteiger partial charge on any atom is 0.224 e. The Kier molecular flexibility index (Phi) is 6.23. The fourth-order valence-electron chi connectivity index (χ4n) is 3.77. The number of carbonyl (C=O) groups is 1. The molecule has 1 heterocycles. The summed E-state index contributed by atoms with van der Waals surface area (Å²) < 4.78 is 19.3. The zero-order chi connectivity index (χ0) is 21.8. The molecular weight excluding hydrogens is 415 g/mol. The molecule has 0 aliphatic carbocycles. The van der Waals surface area contributed by atoms with Crippen molar-refractivity contribution in [2.75, 3.05) is 13.7 Å². The molecule has 1 unspecified atom stereocenters. The van der Waals surface area contributed by atoms with Gasteiger partial charge in [0, 0.05) is 40.1 Å². The molecule has 4 aromatic rings. The van der Waals surface area contributed by atoms with Crippen LogP contribution in [0.1, 0.15) is 22.6 Å². The van der Waals surface area contributed by atoms with Gasteiger partial charge < -0.3 is 15.0 Å². The Morgan fingerprint density at radius 3 is 2.61 bits per heavy atom. The number of para-hydroxylation sites is 1. The molecular formula is C25H22ClFN2O2. The molecule has 6 heteroatoms. The summed E-state index contributed by atoms with van der Waals surface area (Å²) in [6.07, 6.45) is 1.86. The lowest BCUT2D eigenvalue weighted by Crippen LogP contribution is -2.30. The van der Waals surface area contributed by atoms with Crippen LogP contribution in [0.3, 0.4) is 0 Å². The highest BCUT2D eigenvalue weighted by Gasteiger charge is 2.20. The van der Waals surface area contributed by atoms with Crippen molar-refractivity contribution in [2.45, 2.75) is 12.3 Å². The summed E-state index contributed by atoms with van der Waals surface area (Å²) in [5, 5.41) is 4.30. The Balaban J connectivity index is 1.59. The minimum absolute atomic E-state index is 0.0953. The smallest absolute Gasteiger partial charge is 0.224 e. The highest BCUT2D eigenvalue weighted by atomic mass is 35.5. The maximum atomic E-state index is 14.1. The Labute approximate surface area is 185 Å². The predicted molar refractivity (Wildman–Crippen MR) is 121 cm³/mol. The van der Waals surface area contributed by atoms with Gasteiger partial charge in [0.15, 0.2) is 0 Å². The Morgan fingerprint density at radius 1 is 1.10 bits per heavy atom. The van der Waals surface area contributed by atoms with Gasteiger partial charge in [-0.1, -0.05) is 48.0 Å². The molecule has 4 rings (SSSR count). The van der Waals surface area contributed by atoms with Crippen LogP contribution in [0, 0.1) is 5.82 Å². The average Bonchev–Trinajstić information content (AvgIpc) is 3.21.